The molecule has 1 aliphatic rings. The Morgan fingerprint density at radius 2 is 2.08 bits per heavy atom. The number of aryl methyl sites for hydroxylation is 1. The number of rotatable bonds is 4. The molecule has 0 saturated carbocycles. The molecule has 3 aromatic rings. The number of benzene rings is 1. The molecule has 1 aliphatic heterocycles. The Hall–Kier alpha value is -2.46. The number of nitrogens with zero attached hydrogens (tertiary/aromatic N) is 3. The Morgan fingerprint density at radius 1 is 1.21 bits per heavy atom. The minimum Gasteiger partial charge on any atom is -0.297 e. The van der Waals surface area contributed by atoms with Crippen LogP contribution in [0.3, 0.4) is 0 Å². The summed E-state index contributed by atoms with van der Waals surface area (Å²) in [5, 5.41) is 7.65. The second-order valence-electron chi connectivity index (χ2n) is 6.60. The predicted molar refractivity (Wildman–Crippen MR) is 95.6 cm³/mol. The highest BCUT2D eigenvalue weighted by molar-refractivity contribution is 5.58. The lowest BCUT2D eigenvalue weighted by atomic mass is 9.96. The predicted octanol–water partition coefficient (Wildman–Crippen LogP) is 3.77. The van der Waals surface area contributed by atoms with Gasteiger partial charge in [0.1, 0.15) is 0 Å². The van der Waals surface area contributed by atoms with E-state index in [0.29, 0.717) is 5.92 Å². The fourth-order valence-electron chi connectivity index (χ4n) is 3.57. The summed E-state index contributed by atoms with van der Waals surface area (Å²) in [5.74, 6) is 0.593. The third kappa shape index (κ3) is 3.10. The highest BCUT2D eigenvalue weighted by atomic mass is 15.2. The van der Waals surface area contributed by atoms with Crippen molar-refractivity contribution >= 4 is 0 Å². The van der Waals surface area contributed by atoms with E-state index in [1.54, 1.807) is 0 Å². The minimum absolute atomic E-state index is 0.593. The van der Waals surface area contributed by atoms with E-state index >= 15 is 0 Å². The smallest absolute Gasteiger partial charge is 0.0924 e. The molecule has 3 heterocycles. The quantitative estimate of drug-likeness (QED) is 0.796. The van der Waals surface area contributed by atoms with Crippen molar-refractivity contribution in [1.29, 1.82) is 0 Å². The van der Waals surface area contributed by atoms with Gasteiger partial charge in [0.2, 0.25) is 0 Å². The Kier molecular flexibility index (Phi) is 4.13. The lowest BCUT2D eigenvalue weighted by molar-refractivity contribution is 0.322. The summed E-state index contributed by atoms with van der Waals surface area (Å²) in [6.07, 6.45) is 5.11. The van der Waals surface area contributed by atoms with E-state index in [9.17, 15) is 0 Å². The maximum atomic E-state index is 4.46. The number of H-pyrrole nitrogens is 1. The van der Waals surface area contributed by atoms with Crippen molar-refractivity contribution in [2.24, 2.45) is 0 Å². The monoisotopic (exact) mass is 318 g/mol. The molecule has 2 aromatic heterocycles. The van der Waals surface area contributed by atoms with E-state index in [2.05, 4.69) is 51.3 Å². The van der Waals surface area contributed by atoms with E-state index in [-0.39, 0.29) is 0 Å². The zero-order valence-corrected chi connectivity index (χ0v) is 13.9. The highest BCUT2D eigenvalue weighted by Gasteiger charge is 2.25. The van der Waals surface area contributed by atoms with Gasteiger partial charge < -0.3 is 0 Å². The maximum Gasteiger partial charge on any atom is 0.0924 e. The van der Waals surface area contributed by atoms with E-state index in [1.807, 2.05) is 30.6 Å². The largest absolute Gasteiger partial charge is 0.297 e. The van der Waals surface area contributed by atoms with Crippen molar-refractivity contribution < 1.29 is 0 Å². The topological polar surface area (TPSA) is 44.8 Å². The van der Waals surface area contributed by atoms with Crippen LogP contribution < -0.4 is 0 Å². The minimum atomic E-state index is 0.593. The first-order valence-corrected chi connectivity index (χ1v) is 8.52. The molecule has 1 atom stereocenters. The highest BCUT2D eigenvalue weighted by Crippen LogP contribution is 2.29. The van der Waals surface area contributed by atoms with Crippen LogP contribution in [0.25, 0.3) is 11.3 Å². The van der Waals surface area contributed by atoms with Gasteiger partial charge in [-0.05, 0) is 49.1 Å². The average Bonchev–Trinajstić information content (AvgIpc) is 3.26. The number of hydrogen-bond acceptors (Lipinski definition) is 3. The van der Waals surface area contributed by atoms with Crippen LogP contribution in [0.5, 0.6) is 0 Å². The van der Waals surface area contributed by atoms with Crippen molar-refractivity contribution in [3.05, 3.63) is 71.7 Å². The van der Waals surface area contributed by atoms with E-state index in [1.165, 1.54) is 23.2 Å². The van der Waals surface area contributed by atoms with E-state index in [0.717, 1.165) is 30.9 Å². The molecule has 1 N–H and O–H groups in total. The third-order valence-corrected chi connectivity index (χ3v) is 4.89. The maximum absolute atomic E-state index is 4.46. The summed E-state index contributed by atoms with van der Waals surface area (Å²) in [7, 11) is 0. The van der Waals surface area contributed by atoms with Gasteiger partial charge >= 0.3 is 0 Å². The molecule has 0 amide bonds. The second kappa shape index (κ2) is 6.57. The van der Waals surface area contributed by atoms with Gasteiger partial charge in [0, 0.05) is 36.7 Å². The molecule has 4 nitrogen and oxygen atoms in total. The van der Waals surface area contributed by atoms with Gasteiger partial charge in [-0.15, -0.1) is 0 Å². The summed E-state index contributed by atoms with van der Waals surface area (Å²) in [4.78, 5) is 6.80. The molecule has 24 heavy (non-hydrogen) atoms. The van der Waals surface area contributed by atoms with Crippen molar-refractivity contribution in [3.63, 3.8) is 0 Å². The van der Waals surface area contributed by atoms with Gasteiger partial charge in [-0.25, -0.2) is 0 Å². The van der Waals surface area contributed by atoms with Gasteiger partial charge in [-0.2, -0.15) is 5.10 Å². The molecule has 0 aliphatic carbocycles. The van der Waals surface area contributed by atoms with Crippen LogP contribution in [0.1, 0.15) is 29.2 Å². The fraction of sp³-hybridized carbons (Fsp3) is 0.300. The molecular weight excluding hydrogens is 296 g/mol. The normalized spacial score (nSPS) is 18.1. The van der Waals surface area contributed by atoms with Crippen LogP contribution in [-0.4, -0.2) is 33.2 Å². The standard InChI is InChI=1S/C20H22N4/c1-15-7-9-21-12-19(15)17-8-10-24(13-17)14-18-11-20(23-22-18)16-5-3-2-4-6-16/h2-7,9,11-12,17H,8,10,13-14H2,1H3,(H,22,23). The first-order chi connectivity index (χ1) is 11.8. The summed E-state index contributed by atoms with van der Waals surface area (Å²) in [6, 6.07) is 14.6. The van der Waals surface area contributed by atoms with Gasteiger partial charge in [0.15, 0.2) is 0 Å². The number of aromatic nitrogens is 3. The lowest BCUT2D eigenvalue weighted by Crippen LogP contribution is -2.20. The molecule has 1 saturated heterocycles. The summed E-state index contributed by atoms with van der Waals surface area (Å²) < 4.78 is 0. The molecule has 0 radical (unpaired) electrons. The lowest BCUT2D eigenvalue weighted by Gasteiger charge is -2.16. The second-order valence-corrected chi connectivity index (χ2v) is 6.60. The summed E-state index contributed by atoms with van der Waals surface area (Å²) >= 11 is 0. The Balaban J connectivity index is 1.42. The number of likely N-dealkylation sites (tertiary alicyclic amines) is 1. The zero-order valence-electron chi connectivity index (χ0n) is 13.9. The Morgan fingerprint density at radius 3 is 2.92 bits per heavy atom. The number of pyridine rings is 1. The van der Waals surface area contributed by atoms with Crippen molar-refractivity contribution in [3.8, 4) is 11.3 Å². The van der Waals surface area contributed by atoms with Gasteiger partial charge in [0.25, 0.3) is 0 Å². The SMILES string of the molecule is Cc1ccncc1C1CCN(Cc2cc(-c3ccccc3)n[nH]2)C1. The fourth-order valence-corrected chi connectivity index (χ4v) is 3.57. The number of aromatic amines is 1. The van der Waals surface area contributed by atoms with Crippen LogP contribution in [0.15, 0.2) is 54.9 Å². The number of nitrogens with one attached hydrogen (secondary N) is 1. The van der Waals surface area contributed by atoms with Crippen LogP contribution >= 0.6 is 0 Å². The Bertz CT molecular complexity index is 809. The van der Waals surface area contributed by atoms with Crippen LogP contribution in [0, 0.1) is 6.92 Å². The first kappa shape index (κ1) is 15.1. The van der Waals surface area contributed by atoms with Gasteiger partial charge in [-0.1, -0.05) is 30.3 Å². The molecular formula is C20H22N4. The van der Waals surface area contributed by atoms with Gasteiger partial charge in [0.05, 0.1) is 5.69 Å². The van der Waals surface area contributed by atoms with Crippen LogP contribution in [0.4, 0.5) is 0 Å². The number of hydrogen-bond donors (Lipinski definition) is 1. The first-order valence-electron chi connectivity index (χ1n) is 8.52. The molecule has 1 unspecified atom stereocenters. The zero-order chi connectivity index (χ0) is 16.4. The average molecular weight is 318 g/mol. The van der Waals surface area contributed by atoms with E-state index < -0.39 is 0 Å². The molecule has 1 fully saturated rings. The molecule has 0 bridgehead atoms. The van der Waals surface area contributed by atoms with Crippen LogP contribution in [-0.2, 0) is 6.54 Å². The Labute approximate surface area is 142 Å². The van der Waals surface area contributed by atoms with Crippen molar-refractivity contribution in [2.75, 3.05) is 13.1 Å². The van der Waals surface area contributed by atoms with Crippen LogP contribution in [0.2, 0.25) is 0 Å². The molecule has 4 rings (SSSR count). The summed E-state index contributed by atoms with van der Waals surface area (Å²) in [6.45, 7) is 5.32. The van der Waals surface area contributed by atoms with Crippen molar-refractivity contribution in [2.45, 2.75) is 25.8 Å². The van der Waals surface area contributed by atoms with Gasteiger partial charge in [-0.3, -0.25) is 15.0 Å². The molecule has 4 heteroatoms. The van der Waals surface area contributed by atoms with E-state index in [4.69, 9.17) is 0 Å². The molecule has 1 aromatic carbocycles. The third-order valence-electron chi connectivity index (χ3n) is 4.89. The summed E-state index contributed by atoms with van der Waals surface area (Å²) in [5.41, 5.74) is 6.10. The molecule has 0 spiro atoms. The van der Waals surface area contributed by atoms with Crippen molar-refractivity contribution in [1.82, 2.24) is 20.1 Å². The molecule has 122 valence electrons.